The van der Waals surface area contributed by atoms with Gasteiger partial charge in [0.2, 0.25) is 0 Å². The molecule has 3 nitrogen and oxygen atoms in total. The summed E-state index contributed by atoms with van der Waals surface area (Å²) in [6.07, 6.45) is 0. The van der Waals surface area contributed by atoms with Crippen molar-refractivity contribution >= 4 is 21.6 Å². The van der Waals surface area contributed by atoms with E-state index < -0.39 is 0 Å². The van der Waals surface area contributed by atoms with Gasteiger partial charge in [0.1, 0.15) is 0 Å². The van der Waals surface area contributed by atoms with Crippen LogP contribution in [0.15, 0.2) is 22.7 Å². The first-order valence-electron chi connectivity index (χ1n) is 5.98. The lowest BCUT2D eigenvalue weighted by atomic mass is 10.2. The smallest absolute Gasteiger partial charge is 0.0646 e. The molecule has 0 bridgehead atoms. The van der Waals surface area contributed by atoms with Crippen molar-refractivity contribution in [1.82, 2.24) is 9.78 Å². The number of aromatic nitrogens is 2. The number of nitrogens with zero attached hydrogens (tertiary/aromatic N) is 2. The fourth-order valence-corrected chi connectivity index (χ4v) is 2.27. The molecule has 96 valence electrons. The molecule has 0 saturated heterocycles. The van der Waals surface area contributed by atoms with E-state index in [0.717, 1.165) is 22.4 Å². The summed E-state index contributed by atoms with van der Waals surface area (Å²) in [4.78, 5) is 0. The molecule has 0 amide bonds. The topological polar surface area (TPSA) is 29.9 Å². The summed E-state index contributed by atoms with van der Waals surface area (Å²) >= 11 is 3.51. The van der Waals surface area contributed by atoms with Gasteiger partial charge in [-0.05, 0) is 44.5 Å². The van der Waals surface area contributed by atoms with E-state index in [1.165, 1.54) is 16.8 Å². The van der Waals surface area contributed by atoms with Crippen LogP contribution >= 0.6 is 15.9 Å². The highest BCUT2D eigenvalue weighted by atomic mass is 79.9. The van der Waals surface area contributed by atoms with Gasteiger partial charge in [-0.25, -0.2) is 0 Å². The number of benzene rings is 1. The Morgan fingerprint density at radius 2 is 2.00 bits per heavy atom. The number of hydrogen-bond acceptors (Lipinski definition) is 2. The number of rotatable bonds is 3. The molecule has 0 spiro atoms. The first-order valence-corrected chi connectivity index (χ1v) is 6.77. The molecule has 0 radical (unpaired) electrons. The Kier molecular flexibility index (Phi) is 3.76. The quantitative estimate of drug-likeness (QED) is 0.936. The summed E-state index contributed by atoms with van der Waals surface area (Å²) in [6, 6.07) is 6.30. The van der Waals surface area contributed by atoms with Crippen molar-refractivity contribution in [2.24, 2.45) is 7.05 Å². The second-order valence-corrected chi connectivity index (χ2v) is 5.44. The lowest BCUT2D eigenvalue weighted by Gasteiger charge is -2.08. The first-order chi connectivity index (χ1) is 8.49. The maximum absolute atomic E-state index is 4.42. The van der Waals surface area contributed by atoms with Gasteiger partial charge in [-0.3, -0.25) is 4.68 Å². The molecule has 1 aromatic heterocycles. The third-order valence-electron chi connectivity index (χ3n) is 3.29. The van der Waals surface area contributed by atoms with Crippen LogP contribution in [0.3, 0.4) is 0 Å². The van der Waals surface area contributed by atoms with E-state index in [4.69, 9.17) is 0 Å². The maximum atomic E-state index is 4.42. The van der Waals surface area contributed by atoms with Gasteiger partial charge in [-0.1, -0.05) is 15.9 Å². The van der Waals surface area contributed by atoms with Crippen LogP contribution in [-0.2, 0) is 13.6 Å². The number of anilines is 1. The van der Waals surface area contributed by atoms with Gasteiger partial charge in [-0.15, -0.1) is 0 Å². The Bertz CT molecular complexity index is 573. The van der Waals surface area contributed by atoms with Crippen LogP contribution in [0.2, 0.25) is 0 Å². The maximum Gasteiger partial charge on any atom is 0.0646 e. The van der Waals surface area contributed by atoms with Gasteiger partial charge < -0.3 is 5.32 Å². The van der Waals surface area contributed by atoms with Crippen molar-refractivity contribution in [2.75, 3.05) is 5.32 Å². The zero-order chi connectivity index (χ0) is 13.3. The molecule has 1 heterocycles. The van der Waals surface area contributed by atoms with Crippen LogP contribution in [0.5, 0.6) is 0 Å². The van der Waals surface area contributed by atoms with E-state index in [-0.39, 0.29) is 0 Å². The number of hydrogen-bond donors (Lipinski definition) is 1. The fraction of sp³-hybridized carbons (Fsp3) is 0.357. The van der Waals surface area contributed by atoms with Crippen molar-refractivity contribution in [2.45, 2.75) is 27.3 Å². The summed E-state index contributed by atoms with van der Waals surface area (Å²) < 4.78 is 3.07. The SMILES string of the molecule is Cc1cc(NCc2c(C)nn(C)c2C)ccc1Br. The number of aryl methyl sites for hydroxylation is 3. The van der Waals surface area contributed by atoms with Gasteiger partial charge in [-0.2, -0.15) is 5.10 Å². The highest BCUT2D eigenvalue weighted by Gasteiger charge is 2.08. The molecule has 1 N–H and O–H groups in total. The second kappa shape index (κ2) is 5.14. The summed E-state index contributed by atoms with van der Waals surface area (Å²) in [5, 5.41) is 7.87. The second-order valence-electron chi connectivity index (χ2n) is 4.59. The van der Waals surface area contributed by atoms with Gasteiger partial charge in [0.15, 0.2) is 0 Å². The minimum atomic E-state index is 0.812. The normalized spacial score (nSPS) is 10.7. The minimum Gasteiger partial charge on any atom is -0.381 e. The van der Waals surface area contributed by atoms with Crippen molar-refractivity contribution in [1.29, 1.82) is 0 Å². The molecule has 0 atom stereocenters. The molecular weight excluding hydrogens is 290 g/mol. The zero-order valence-corrected chi connectivity index (χ0v) is 12.8. The summed E-state index contributed by atoms with van der Waals surface area (Å²) in [5.74, 6) is 0. The van der Waals surface area contributed by atoms with Crippen LogP contribution in [0, 0.1) is 20.8 Å². The molecule has 2 aromatic rings. The third kappa shape index (κ3) is 2.58. The summed E-state index contributed by atoms with van der Waals surface area (Å²) in [6.45, 7) is 7.06. The summed E-state index contributed by atoms with van der Waals surface area (Å²) in [5.41, 5.74) is 5.96. The Morgan fingerprint density at radius 1 is 1.28 bits per heavy atom. The van der Waals surface area contributed by atoms with E-state index in [1.54, 1.807) is 0 Å². The predicted octanol–water partition coefficient (Wildman–Crippen LogP) is 3.72. The van der Waals surface area contributed by atoms with Crippen molar-refractivity contribution in [3.05, 3.63) is 45.2 Å². The highest BCUT2D eigenvalue weighted by molar-refractivity contribution is 9.10. The standard InChI is InChI=1S/C14H18BrN3/c1-9-7-12(5-6-14(9)15)16-8-13-10(2)17-18(4)11(13)3/h5-7,16H,8H2,1-4H3. The van der Waals surface area contributed by atoms with Crippen LogP contribution < -0.4 is 5.32 Å². The van der Waals surface area contributed by atoms with Crippen molar-refractivity contribution in [3.8, 4) is 0 Å². The average molecular weight is 308 g/mol. The molecule has 1 aromatic carbocycles. The van der Waals surface area contributed by atoms with Crippen LogP contribution in [0.25, 0.3) is 0 Å². The molecule has 0 unspecified atom stereocenters. The van der Waals surface area contributed by atoms with Crippen LogP contribution in [0.4, 0.5) is 5.69 Å². The molecule has 0 aliphatic rings. The Balaban J connectivity index is 2.14. The predicted molar refractivity (Wildman–Crippen MR) is 78.9 cm³/mol. The van der Waals surface area contributed by atoms with Crippen molar-refractivity contribution < 1.29 is 0 Å². The number of halogens is 1. The first kappa shape index (κ1) is 13.1. The Morgan fingerprint density at radius 3 is 2.56 bits per heavy atom. The lowest BCUT2D eigenvalue weighted by Crippen LogP contribution is -2.02. The van der Waals surface area contributed by atoms with E-state index in [0.29, 0.717) is 0 Å². The minimum absolute atomic E-state index is 0.812. The molecule has 18 heavy (non-hydrogen) atoms. The molecule has 0 aliphatic heterocycles. The molecular formula is C14H18BrN3. The van der Waals surface area contributed by atoms with E-state index in [2.05, 4.69) is 65.3 Å². The largest absolute Gasteiger partial charge is 0.381 e. The molecule has 0 aliphatic carbocycles. The molecule has 0 fully saturated rings. The molecule has 2 rings (SSSR count). The van der Waals surface area contributed by atoms with E-state index >= 15 is 0 Å². The fourth-order valence-electron chi connectivity index (χ4n) is 2.02. The van der Waals surface area contributed by atoms with E-state index in [9.17, 15) is 0 Å². The zero-order valence-electron chi connectivity index (χ0n) is 11.2. The third-order valence-corrected chi connectivity index (χ3v) is 4.18. The van der Waals surface area contributed by atoms with Gasteiger partial charge in [0, 0.05) is 35.0 Å². The average Bonchev–Trinajstić information content (AvgIpc) is 2.56. The van der Waals surface area contributed by atoms with Crippen molar-refractivity contribution in [3.63, 3.8) is 0 Å². The van der Waals surface area contributed by atoms with E-state index in [1.807, 2.05) is 11.7 Å². The van der Waals surface area contributed by atoms with Crippen LogP contribution in [0.1, 0.15) is 22.5 Å². The lowest BCUT2D eigenvalue weighted by molar-refractivity contribution is 0.730. The Labute approximate surface area is 116 Å². The number of nitrogens with one attached hydrogen (secondary N) is 1. The van der Waals surface area contributed by atoms with Gasteiger partial charge in [0.25, 0.3) is 0 Å². The monoisotopic (exact) mass is 307 g/mol. The van der Waals surface area contributed by atoms with Gasteiger partial charge in [0.05, 0.1) is 5.69 Å². The summed E-state index contributed by atoms with van der Waals surface area (Å²) in [7, 11) is 1.98. The molecule has 4 heteroatoms. The Hall–Kier alpha value is -1.29. The van der Waals surface area contributed by atoms with Crippen LogP contribution in [-0.4, -0.2) is 9.78 Å². The highest BCUT2D eigenvalue weighted by Crippen LogP contribution is 2.21. The molecule has 0 saturated carbocycles. The van der Waals surface area contributed by atoms with Gasteiger partial charge >= 0.3 is 0 Å².